The lowest BCUT2D eigenvalue weighted by Crippen LogP contribution is -2.46. The smallest absolute Gasteiger partial charge is 0.413 e. The highest BCUT2D eigenvalue weighted by molar-refractivity contribution is 7.90. The van der Waals surface area contributed by atoms with Crippen molar-refractivity contribution >= 4 is 32.5 Å². The largest absolute Gasteiger partial charge is 0.598 e. The first-order valence-electron chi connectivity index (χ1n) is 9.12. The van der Waals surface area contributed by atoms with Crippen molar-refractivity contribution in [2.75, 3.05) is 0 Å². The second-order valence-corrected chi connectivity index (χ2v) is 11.7. The van der Waals surface area contributed by atoms with Gasteiger partial charge in [-0.3, -0.25) is 0 Å². The van der Waals surface area contributed by atoms with Gasteiger partial charge in [0.05, 0.1) is 16.8 Å². The molecule has 3 aromatic rings. The molecule has 0 spiro atoms. The normalized spacial score (nSPS) is 15.2. The number of aryl methyl sites for hydroxylation is 1. The number of aromatic nitrogens is 3. The van der Waals surface area contributed by atoms with Gasteiger partial charge in [0.1, 0.15) is 10.3 Å². The van der Waals surface area contributed by atoms with Crippen LogP contribution in [-0.2, 0) is 21.4 Å². The molecule has 0 unspecified atom stereocenters. The fourth-order valence-electron chi connectivity index (χ4n) is 2.64. The molecular weight excluding hydrogens is 453 g/mol. The van der Waals surface area contributed by atoms with Gasteiger partial charge in [-0.15, -0.1) is 4.72 Å². The zero-order valence-corrected chi connectivity index (χ0v) is 18.8. The van der Waals surface area contributed by atoms with Gasteiger partial charge in [0, 0.05) is 17.6 Å². The molecule has 0 amide bonds. The van der Waals surface area contributed by atoms with E-state index in [0.717, 1.165) is 15.7 Å². The predicted octanol–water partition coefficient (Wildman–Crippen LogP) is 3.63. The van der Waals surface area contributed by atoms with Crippen molar-refractivity contribution in [3.63, 3.8) is 0 Å². The number of fused-ring (bicyclic) bond motifs is 1. The minimum Gasteiger partial charge on any atom is -0.598 e. The zero-order chi connectivity index (χ0) is 23.2. The lowest BCUT2D eigenvalue weighted by atomic mass is 10.2. The Morgan fingerprint density at radius 3 is 2.29 bits per heavy atom. The maximum atomic E-state index is 13.6. The number of halogens is 3. The summed E-state index contributed by atoms with van der Waals surface area (Å²) in [5.41, 5.74) is 0.218. The topological polar surface area (TPSA) is 99.9 Å². The third-order valence-corrected chi connectivity index (χ3v) is 7.60. The Morgan fingerprint density at radius 1 is 1.13 bits per heavy atom. The van der Waals surface area contributed by atoms with Gasteiger partial charge in [-0.05, 0) is 45.9 Å². The van der Waals surface area contributed by atoms with Gasteiger partial charge >= 0.3 is 6.18 Å². The number of hydrogen-bond acceptors (Lipinski definition) is 6. The minimum atomic E-state index is -4.79. The number of nitrogens with zero attached hydrogens (tertiary/aromatic N) is 3. The Labute approximate surface area is 181 Å². The Morgan fingerprint density at radius 2 is 1.74 bits per heavy atom. The highest BCUT2D eigenvalue weighted by Crippen LogP contribution is 2.34. The Kier molecular flexibility index (Phi) is 6.13. The predicted molar refractivity (Wildman–Crippen MR) is 111 cm³/mol. The molecule has 0 bridgehead atoms. The second kappa shape index (κ2) is 8.08. The highest BCUT2D eigenvalue weighted by atomic mass is 32.2. The van der Waals surface area contributed by atoms with Gasteiger partial charge in [0.2, 0.25) is 0 Å². The summed E-state index contributed by atoms with van der Waals surface area (Å²) in [4.78, 5) is 7.90. The van der Waals surface area contributed by atoms with E-state index in [1.165, 1.54) is 45.2 Å². The molecule has 168 valence electrons. The number of alkyl halides is 3. The fourth-order valence-corrected chi connectivity index (χ4v) is 4.76. The van der Waals surface area contributed by atoms with Gasteiger partial charge in [-0.1, -0.05) is 17.7 Å². The summed E-state index contributed by atoms with van der Waals surface area (Å²) in [7, 11) is -4.01. The van der Waals surface area contributed by atoms with E-state index in [1.54, 1.807) is 12.1 Å². The highest BCUT2D eigenvalue weighted by Gasteiger charge is 2.47. The quantitative estimate of drug-likeness (QED) is 0.567. The van der Waals surface area contributed by atoms with Crippen LogP contribution in [0.15, 0.2) is 47.6 Å². The van der Waals surface area contributed by atoms with Crippen molar-refractivity contribution in [3.8, 4) is 0 Å². The molecule has 0 aliphatic heterocycles. The van der Waals surface area contributed by atoms with Crippen LogP contribution in [0.5, 0.6) is 0 Å². The zero-order valence-electron chi connectivity index (χ0n) is 17.1. The summed E-state index contributed by atoms with van der Waals surface area (Å²) in [6.45, 7) is 6.42. The van der Waals surface area contributed by atoms with Crippen LogP contribution in [0, 0.1) is 6.92 Å². The summed E-state index contributed by atoms with van der Waals surface area (Å²) in [6.07, 6.45) is -2.76. The molecular formula is C19H21F3N4O3S2. The molecule has 2 heterocycles. The number of rotatable bonds is 5. The van der Waals surface area contributed by atoms with Crippen molar-refractivity contribution in [3.05, 3.63) is 54.0 Å². The summed E-state index contributed by atoms with van der Waals surface area (Å²) in [5.74, 6) is 0. The van der Waals surface area contributed by atoms with E-state index in [2.05, 4.69) is 14.7 Å². The fraction of sp³-hybridized carbons (Fsp3) is 0.368. The van der Waals surface area contributed by atoms with Crippen LogP contribution in [0.25, 0.3) is 11.2 Å². The van der Waals surface area contributed by atoms with E-state index in [0.29, 0.717) is 0 Å². The maximum Gasteiger partial charge on any atom is 0.413 e. The van der Waals surface area contributed by atoms with Crippen molar-refractivity contribution in [1.29, 1.82) is 0 Å². The number of benzene rings is 1. The lowest BCUT2D eigenvalue weighted by Gasteiger charge is -2.28. The van der Waals surface area contributed by atoms with Crippen LogP contribution in [0.1, 0.15) is 38.1 Å². The molecule has 0 saturated carbocycles. The average molecular weight is 475 g/mol. The molecule has 2 aromatic heterocycles. The van der Waals surface area contributed by atoms with E-state index < -0.39 is 44.0 Å². The Bertz CT molecular complexity index is 1190. The average Bonchev–Trinajstić information content (AvgIpc) is 3.08. The number of nitrogens with one attached hydrogen (secondary N) is 1. The minimum absolute atomic E-state index is 0.0110. The van der Waals surface area contributed by atoms with E-state index in [9.17, 15) is 26.1 Å². The second-order valence-electron chi connectivity index (χ2n) is 7.91. The first-order valence-corrected chi connectivity index (χ1v) is 11.7. The van der Waals surface area contributed by atoms with Gasteiger partial charge in [0.25, 0.3) is 10.0 Å². The van der Waals surface area contributed by atoms with Crippen molar-refractivity contribution in [2.45, 2.75) is 49.6 Å². The third-order valence-electron chi connectivity index (χ3n) is 4.36. The van der Waals surface area contributed by atoms with E-state index >= 15 is 0 Å². The number of hydrogen-bond donors (Lipinski definition) is 1. The van der Waals surface area contributed by atoms with Crippen molar-refractivity contribution in [2.24, 2.45) is 0 Å². The standard InChI is InChI=1S/C19H21F3N4O3S2/c1-12-5-7-13(8-6-12)31(28,29)26-10-9-14-17(26)23-11-15(24-14)16(19(20,21)22)25-30(27)18(2,3)4/h5-11,16,25H,1-4H3/t16-,30-/m0/s1. The van der Waals surface area contributed by atoms with Crippen molar-refractivity contribution in [1.82, 2.24) is 18.7 Å². The van der Waals surface area contributed by atoms with Gasteiger partial charge in [0.15, 0.2) is 11.7 Å². The van der Waals surface area contributed by atoms with Crippen LogP contribution >= 0.6 is 0 Å². The van der Waals surface area contributed by atoms with Crippen LogP contribution < -0.4 is 4.72 Å². The molecule has 3 rings (SSSR count). The Hall–Kier alpha value is -2.15. The van der Waals surface area contributed by atoms with Crippen LogP contribution in [0.3, 0.4) is 0 Å². The summed E-state index contributed by atoms with van der Waals surface area (Å²) in [6, 6.07) is 5.08. The SMILES string of the molecule is Cc1ccc(S(=O)(=O)n2ccc3nc([C@H](N[S@@+]([O-])C(C)(C)C)C(F)(F)F)cnc32)cc1. The summed E-state index contributed by atoms with van der Waals surface area (Å²) in [5, 5.41) is 0. The maximum absolute atomic E-state index is 13.6. The molecule has 2 atom stereocenters. The van der Waals surface area contributed by atoms with Gasteiger partial charge in [-0.2, -0.15) is 13.2 Å². The molecule has 0 aliphatic rings. The first-order chi connectivity index (χ1) is 14.2. The molecule has 1 aromatic carbocycles. The molecule has 1 N–H and O–H groups in total. The Balaban J connectivity index is 2.03. The van der Waals surface area contributed by atoms with Crippen molar-refractivity contribution < 1.29 is 26.1 Å². The molecule has 0 radical (unpaired) electrons. The van der Waals surface area contributed by atoms with Crippen LogP contribution in [-0.4, -0.2) is 37.8 Å². The summed E-state index contributed by atoms with van der Waals surface area (Å²) >= 11 is -2.02. The van der Waals surface area contributed by atoms with E-state index in [-0.39, 0.29) is 16.1 Å². The van der Waals surface area contributed by atoms with Gasteiger partial charge in [-0.25, -0.2) is 22.4 Å². The third kappa shape index (κ3) is 4.86. The molecule has 12 heteroatoms. The molecule has 0 saturated heterocycles. The van der Waals surface area contributed by atoms with E-state index in [4.69, 9.17) is 0 Å². The van der Waals surface area contributed by atoms with Gasteiger partial charge < -0.3 is 4.55 Å². The van der Waals surface area contributed by atoms with Crippen LogP contribution in [0.4, 0.5) is 13.2 Å². The lowest BCUT2D eigenvalue weighted by molar-refractivity contribution is -0.153. The molecule has 7 nitrogen and oxygen atoms in total. The molecule has 31 heavy (non-hydrogen) atoms. The molecule has 0 fully saturated rings. The van der Waals surface area contributed by atoms with Crippen LogP contribution in [0.2, 0.25) is 0 Å². The molecule has 0 aliphatic carbocycles. The summed E-state index contributed by atoms with van der Waals surface area (Å²) < 4.78 is 81.0. The van der Waals surface area contributed by atoms with E-state index in [1.807, 2.05) is 6.92 Å². The monoisotopic (exact) mass is 474 g/mol. The first kappa shape index (κ1) is 23.5.